The van der Waals surface area contributed by atoms with Crippen molar-refractivity contribution in [2.24, 2.45) is 5.92 Å². The largest absolute Gasteiger partial charge is 0.339 e. The van der Waals surface area contributed by atoms with Crippen LogP contribution in [0.4, 0.5) is 5.69 Å². The molecule has 2 aliphatic rings. The van der Waals surface area contributed by atoms with Crippen LogP contribution in [0.5, 0.6) is 0 Å². The van der Waals surface area contributed by atoms with E-state index in [1.807, 2.05) is 26.0 Å². The summed E-state index contributed by atoms with van der Waals surface area (Å²) in [6, 6.07) is 14.6. The van der Waals surface area contributed by atoms with Crippen molar-refractivity contribution in [3.63, 3.8) is 0 Å². The third-order valence-corrected chi connectivity index (χ3v) is 5.22. The third kappa shape index (κ3) is 2.82. The molecular formula is C21H22N2O2. The highest BCUT2D eigenvalue weighted by Crippen LogP contribution is 2.38. The number of rotatable bonds is 3. The quantitative estimate of drug-likeness (QED) is 0.797. The highest BCUT2D eigenvalue weighted by molar-refractivity contribution is 5.98. The molecule has 128 valence electrons. The van der Waals surface area contributed by atoms with E-state index in [1.54, 1.807) is 4.90 Å². The van der Waals surface area contributed by atoms with Gasteiger partial charge in [0.15, 0.2) is 0 Å². The normalized spacial score (nSPS) is 18.4. The Labute approximate surface area is 147 Å². The van der Waals surface area contributed by atoms with Crippen molar-refractivity contribution in [1.29, 1.82) is 0 Å². The molecule has 1 N–H and O–H groups in total. The fourth-order valence-corrected chi connectivity index (χ4v) is 3.85. The van der Waals surface area contributed by atoms with Crippen LogP contribution in [-0.2, 0) is 16.0 Å². The van der Waals surface area contributed by atoms with Crippen LogP contribution in [0, 0.1) is 5.92 Å². The molecule has 1 saturated heterocycles. The van der Waals surface area contributed by atoms with E-state index < -0.39 is 0 Å². The number of nitrogens with one attached hydrogen (secondary N) is 1. The van der Waals surface area contributed by atoms with Crippen LogP contribution in [0.3, 0.4) is 0 Å². The number of amides is 2. The fraction of sp³-hybridized carbons (Fsp3) is 0.333. The second-order valence-electron chi connectivity index (χ2n) is 7.24. The number of nitrogens with zero attached hydrogens (tertiary/aromatic N) is 1. The number of hydrogen-bond donors (Lipinski definition) is 1. The second kappa shape index (κ2) is 6.03. The van der Waals surface area contributed by atoms with E-state index in [2.05, 4.69) is 35.6 Å². The highest BCUT2D eigenvalue weighted by atomic mass is 16.2. The number of benzene rings is 2. The molecule has 0 spiro atoms. The van der Waals surface area contributed by atoms with Gasteiger partial charge in [-0.15, -0.1) is 0 Å². The van der Waals surface area contributed by atoms with Crippen LogP contribution >= 0.6 is 0 Å². The number of fused-ring (bicyclic) bond motifs is 3. The molecule has 0 aromatic heterocycles. The lowest BCUT2D eigenvalue weighted by atomic mass is 10.0. The first-order valence-electron chi connectivity index (χ1n) is 8.84. The molecule has 1 aliphatic heterocycles. The van der Waals surface area contributed by atoms with Crippen LogP contribution in [0.1, 0.15) is 31.4 Å². The van der Waals surface area contributed by atoms with Gasteiger partial charge in [-0.3, -0.25) is 9.59 Å². The third-order valence-electron chi connectivity index (χ3n) is 5.22. The summed E-state index contributed by atoms with van der Waals surface area (Å²) < 4.78 is 0. The Balaban J connectivity index is 1.52. The Morgan fingerprint density at radius 3 is 2.64 bits per heavy atom. The summed E-state index contributed by atoms with van der Waals surface area (Å²) >= 11 is 0. The van der Waals surface area contributed by atoms with E-state index in [0.717, 1.165) is 12.1 Å². The fourth-order valence-electron chi connectivity index (χ4n) is 3.85. The number of likely N-dealkylation sites (tertiary alicyclic amines) is 1. The summed E-state index contributed by atoms with van der Waals surface area (Å²) in [6.45, 7) is 4.47. The molecule has 0 radical (unpaired) electrons. The lowest BCUT2D eigenvalue weighted by molar-refractivity contribution is -0.129. The molecule has 0 bridgehead atoms. The molecule has 1 heterocycles. The molecule has 2 aromatic carbocycles. The van der Waals surface area contributed by atoms with E-state index in [9.17, 15) is 9.59 Å². The zero-order valence-electron chi connectivity index (χ0n) is 14.6. The van der Waals surface area contributed by atoms with Crippen molar-refractivity contribution in [3.05, 3.63) is 53.6 Å². The van der Waals surface area contributed by atoms with E-state index in [0.29, 0.717) is 13.0 Å². The summed E-state index contributed by atoms with van der Waals surface area (Å²) in [5, 5.41) is 3.01. The van der Waals surface area contributed by atoms with Crippen molar-refractivity contribution >= 4 is 17.5 Å². The van der Waals surface area contributed by atoms with Gasteiger partial charge in [-0.05, 0) is 54.7 Å². The summed E-state index contributed by atoms with van der Waals surface area (Å²) in [5.74, 6) is -0.267. The monoisotopic (exact) mass is 334 g/mol. The number of carbonyl (C=O) groups excluding carboxylic acids is 2. The van der Waals surface area contributed by atoms with Crippen molar-refractivity contribution in [3.8, 4) is 11.1 Å². The van der Waals surface area contributed by atoms with E-state index >= 15 is 0 Å². The van der Waals surface area contributed by atoms with Gasteiger partial charge < -0.3 is 10.2 Å². The molecule has 2 aromatic rings. The first kappa shape index (κ1) is 15.9. The van der Waals surface area contributed by atoms with Gasteiger partial charge in [-0.2, -0.15) is 0 Å². The molecule has 4 rings (SSSR count). The van der Waals surface area contributed by atoms with Gasteiger partial charge in [0.2, 0.25) is 11.8 Å². The number of anilines is 1. The molecule has 1 atom stereocenters. The maximum atomic E-state index is 12.6. The molecule has 2 amide bonds. The standard InChI is InChI=1S/C21H22N2O2/c1-13(2)23-12-16(10-20(23)24)21(25)22-17-8-7-15-9-14-5-3-4-6-18(14)19(15)11-17/h3-8,11,13,16H,9-10,12H2,1-2H3,(H,22,25)/t16-/m0/s1. The Morgan fingerprint density at radius 2 is 1.88 bits per heavy atom. The molecule has 1 aliphatic carbocycles. The minimum Gasteiger partial charge on any atom is -0.339 e. The van der Waals surface area contributed by atoms with E-state index in [1.165, 1.54) is 22.3 Å². The molecule has 25 heavy (non-hydrogen) atoms. The van der Waals surface area contributed by atoms with Crippen LogP contribution in [0.25, 0.3) is 11.1 Å². The van der Waals surface area contributed by atoms with Crippen molar-refractivity contribution in [2.75, 3.05) is 11.9 Å². The zero-order valence-corrected chi connectivity index (χ0v) is 14.6. The van der Waals surface area contributed by atoms with Crippen molar-refractivity contribution in [2.45, 2.75) is 32.7 Å². The van der Waals surface area contributed by atoms with Crippen molar-refractivity contribution < 1.29 is 9.59 Å². The van der Waals surface area contributed by atoms with Crippen LogP contribution < -0.4 is 5.32 Å². The first-order valence-corrected chi connectivity index (χ1v) is 8.84. The Bertz CT molecular complexity index is 857. The van der Waals surface area contributed by atoms with Gasteiger partial charge >= 0.3 is 0 Å². The van der Waals surface area contributed by atoms with Gasteiger partial charge in [0.1, 0.15) is 0 Å². The summed E-state index contributed by atoms with van der Waals surface area (Å²) in [6.07, 6.45) is 1.25. The first-order chi connectivity index (χ1) is 12.0. The maximum Gasteiger partial charge on any atom is 0.229 e. The average Bonchev–Trinajstić information content (AvgIpc) is 3.15. The van der Waals surface area contributed by atoms with Crippen LogP contribution in [-0.4, -0.2) is 29.3 Å². The van der Waals surface area contributed by atoms with Gasteiger partial charge in [0.25, 0.3) is 0 Å². The molecule has 0 unspecified atom stereocenters. The minimum atomic E-state index is -0.268. The summed E-state index contributed by atoms with van der Waals surface area (Å²) in [7, 11) is 0. The average molecular weight is 334 g/mol. The molecule has 1 fully saturated rings. The van der Waals surface area contributed by atoms with E-state index in [-0.39, 0.29) is 23.8 Å². The van der Waals surface area contributed by atoms with E-state index in [4.69, 9.17) is 0 Å². The zero-order chi connectivity index (χ0) is 17.6. The summed E-state index contributed by atoms with van der Waals surface area (Å²) in [4.78, 5) is 26.4. The Kier molecular flexibility index (Phi) is 3.83. The Morgan fingerprint density at radius 1 is 1.12 bits per heavy atom. The predicted molar refractivity (Wildman–Crippen MR) is 98.3 cm³/mol. The molecule has 0 saturated carbocycles. The molecule has 4 heteroatoms. The number of carbonyl (C=O) groups is 2. The van der Waals surface area contributed by atoms with Crippen molar-refractivity contribution in [1.82, 2.24) is 4.90 Å². The Hall–Kier alpha value is -2.62. The molecule has 4 nitrogen and oxygen atoms in total. The van der Waals surface area contributed by atoms with Crippen LogP contribution in [0.2, 0.25) is 0 Å². The minimum absolute atomic E-state index is 0.0669. The summed E-state index contributed by atoms with van der Waals surface area (Å²) in [5.41, 5.74) is 5.86. The topological polar surface area (TPSA) is 49.4 Å². The number of hydrogen-bond acceptors (Lipinski definition) is 2. The predicted octanol–water partition coefficient (Wildman–Crippen LogP) is 3.45. The maximum absolute atomic E-state index is 12.6. The molecular weight excluding hydrogens is 312 g/mol. The van der Waals surface area contributed by atoms with Gasteiger partial charge in [0, 0.05) is 24.7 Å². The van der Waals surface area contributed by atoms with Gasteiger partial charge in [-0.25, -0.2) is 0 Å². The smallest absolute Gasteiger partial charge is 0.229 e. The van der Waals surface area contributed by atoms with Crippen LogP contribution in [0.15, 0.2) is 42.5 Å². The van der Waals surface area contributed by atoms with Gasteiger partial charge in [-0.1, -0.05) is 30.3 Å². The lowest BCUT2D eigenvalue weighted by Crippen LogP contribution is -2.33. The van der Waals surface area contributed by atoms with Gasteiger partial charge in [0.05, 0.1) is 5.92 Å². The second-order valence-corrected chi connectivity index (χ2v) is 7.24. The SMILES string of the molecule is CC(C)N1C[C@@H](C(=O)Nc2ccc3c(c2)-c2ccccc2C3)CC1=O. The lowest BCUT2D eigenvalue weighted by Gasteiger charge is -2.20. The highest BCUT2D eigenvalue weighted by Gasteiger charge is 2.35.